The van der Waals surface area contributed by atoms with E-state index in [2.05, 4.69) is 51.2 Å². The number of aromatic nitrogens is 4. The molecule has 1 amide bonds. The van der Waals surface area contributed by atoms with Crippen LogP contribution >= 0.6 is 11.6 Å². The molecule has 5 fully saturated rings. The van der Waals surface area contributed by atoms with Crippen LogP contribution in [0.1, 0.15) is 36.6 Å². The Labute approximate surface area is 250 Å². The van der Waals surface area contributed by atoms with Crippen molar-refractivity contribution in [3.63, 3.8) is 0 Å². The monoisotopic (exact) mass is 591 g/mol. The summed E-state index contributed by atoms with van der Waals surface area (Å²) in [6.45, 7) is 15.3. The van der Waals surface area contributed by atoms with Crippen LogP contribution < -0.4 is 4.90 Å². The molecule has 4 saturated heterocycles. The molecule has 6 heterocycles. The van der Waals surface area contributed by atoms with Gasteiger partial charge in [-0.1, -0.05) is 18.2 Å². The van der Waals surface area contributed by atoms with Crippen LogP contribution in [0.15, 0.2) is 24.9 Å². The Kier molecular flexibility index (Phi) is 6.06. The topological polar surface area (TPSA) is 91.8 Å². The van der Waals surface area contributed by atoms with Gasteiger partial charge in [0.25, 0.3) is 0 Å². The second-order valence-electron chi connectivity index (χ2n) is 13.2. The SMILES string of the molecule is C=CC(=O)N1CC2(CC(n3nc(N4CCN(C5COC5)CC45CCOC5)c(-c4c(Cl)c(C)cc5[nH]ncc45)c3C)C2)C1. The van der Waals surface area contributed by atoms with Crippen molar-refractivity contribution in [2.75, 3.05) is 64.1 Å². The molecular weight excluding hydrogens is 554 g/mol. The lowest BCUT2D eigenvalue weighted by Gasteiger charge is -2.58. The summed E-state index contributed by atoms with van der Waals surface area (Å²) in [4.78, 5) is 19.1. The minimum absolute atomic E-state index is 0.0267. The van der Waals surface area contributed by atoms with Crippen LogP contribution in [0.2, 0.25) is 5.02 Å². The average Bonchev–Trinajstić information content (AvgIpc) is 3.63. The quantitative estimate of drug-likeness (QED) is 0.452. The Bertz CT molecular complexity index is 1570. The molecular formula is C31H38ClN7O3. The number of amides is 1. The maximum absolute atomic E-state index is 12.1. The van der Waals surface area contributed by atoms with Crippen LogP contribution in [0.3, 0.4) is 0 Å². The van der Waals surface area contributed by atoms with E-state index in [4.69, 9.17) is 26.2 Å². The Morgan fingerprint density at radius 2 is 1.95 bits per heavy atom. The van der Waals surface area contributed by atoms with E-state index in [1.165, 1.54) is 6.08 Å². The summed E-state index contributed by atoms with van der Waals surface area (Å²) in [6.07, 6.45) is 6.30. The van der Waals surface area contributed by atoms with Crippen molar-refractivity contribution < 1.29 is 14.3 Å². The lowest BCUT2D eigenvalue weighted by atomic mass is 9.60. The largest absolute Gasteiger partial charge is 0.379 e. The van der Waals surface area contributed by atoms with Gasteiger partial charge < -0.3 is 19.3 Å². The summed E-state index contributed by atoms with van der Waals surface area (Å²) >= 11 is 7.17. The van der Waals surface area contributed by atoms with Gasteiger partial charge >= 0.3 is 0 Å². The molecule has 1 N–H and O–H groups in total. The fourth-order valence-corrected chi connectivity index (χ4v) is 8.47. The molecule has 0 radical (unpaired) electrons. The second kappa shape index (κ2) is 9.54. The third-order valence-corrected chi connectivity index (χ3v) is 11.1. The summed E-state index contributed by atoms with van der Waals surface area (Å²) in [5.74, 6) is 1.02. The lowest BCUT2D eigenvalue weighted by Crippen LogP contribution is -2.67. The smallest absolute Gasteiger partial charge is 0.245 e. The number of anilines is 1. The number of fused-ring (bicyclic) bond motifs is 1. The Morgan fingerprint density at radius 3 is 2.64 bits per heavy atom. The van der Waals surface area contributed by atoms with Gasteiger partial charge in [-0.25, -0.2) is 0 Å². The number of hydrogen-bond donors (Lipinski definition) is 1. The zero-order valence-corrected chi connectivity index (χ0v) is 25.1. The number of nitrogens with zero attached hydrogens (tertiary/aromatic N) is 6. The van der Waals surface area contributed by atoms with Crippen molar-refractivity contribution in [1.82, 2.24) is 29.8 Å². The van der Waals surface area contributed by atoms with Crippen molar-refractivity contribution in [1.29, 1.82) is 0 Å². The van der Waals surface area contributed by atoms with Gasteiger partial charge in [0.05, 0.1) is 54.2 Å². The first-order valence-corrected chi connectivity index (χ1v) is 15.5. The molecule has 2 aromatic heterocycles. The van der Waals surface area contributed by atoms with Gasteiger partial charge in [0.2, 0.25) is 5.91 Å². The first kappa shape index (κ1) is 26.7. The molecule has 0 bridgehead atoms. The Hall–Kier alpha value is -2.92. The van der Waals surface area contributed by atoms with Crippen molar-refractivity contribution in [3.8, 4) is 11.1 Å². The van der Waals surface area contributed by atoms with Crippen molar-refractivity contribution in [2.45, 2.75) is 50.7 Å². The summed E-state index contributed by atoms with van der Waals surface area (Å²) in [7, 11) is 0. The van der Waals surface area contributed by atoms with E-state index in [-0.39, 0.29) is 22.9 Å². The zero-order chi connectivity index (χ0) is 28.8. The molecule has 5 aliphatic rings. The van der Waals surface area contributed by atoms with Gasteiger partial charge in [0, 0.05) is 67.0 Å². The highest BCUT2D eigenvalue weighted by Gasteiger charge is 2.55. The van der Waals surface area contributed by atoms with E-state index in [1.54, 1.807) is 0 Å². The average molecular weight is 592 g/mol. The van der Waals surface area contributed by atoms with Crippen molar-refractivity contribution >= 4 is 34.2 Å². The van der Waals surface area contributed by atoms with Crippen LogP contribution in [0.25, 0.3) is 22.0 Å². The number of carbonyl (C=O) groups excluding carboxylic acids is 1. The highest BCUT2D eigenvalue weighted by atomic mass is 35.5. The molecule has 222 valence electrons. The van der Waals surface area contributed by atoms with Crippen LogP contribution in [-0.4, -0.2) is 106 Å². The summed E-state index contributed by atoms with van der Waals surface area (Å²) in [5, 5.41) is 14.8. The van der Waals surface area contributed by atoms with Gasteiger partial charge in [0.1, 0.15) is 0 Å². The molecule has 1 unspecified atom stereocenters. The predicted octanol–water partition coefficient (Wildman–Crippen LogP) is 3.73. The third-order valence-electron chi connectivity index (χ3n) is 10.6. The number of benzene rings is 1. The molecule has 1 saturated carbocycles. The molecule has 1 aliphatic carbocycles. The van der Waals surface area contributed by atoms with Crippen LogP contribution in [-0.2, 0) is 14.3 Å². The molecule has 11 heteroatoms. The number of H-pyrrole nitrogens is 1. The van der Waals surface area contributed by atoms with E-state index in [0.717, 1.165) is 116 Å². The highest BCUT2D eigenvalue weighted by molar-refractivity contribution is 6.36. The molecule has 1 atom stereocenters. The van der Waals surface area contributed by atoms with E-state index in [1.807, 2.05) is 11.1 Å². The molecule has 1 aromatic carbocycles. The summed E-state index contributed by atoms with van der Waals surface area (Å²) < 4.78 is 13.9. The van der Waals surface area contributed by atoms with Crippen LogP contribution in [0.4, 0.5) is 5.82 Å². The number of rotatable bonds is 5. The van der Waals surface area contributed by atoms with Crippen molar-refractivity contribution in [2.24, 2.45) is 5.41 Å². The zero-order valence-electron chi connectivity index (χ0n) is 24.4. The van der Waals surface area contributed by atoms with Gasteiger partial charge in [-0.2, -0.15) is 10.2 Å². The predicted molar refractivity (Wildman–Crippen MR) is 161 cm³/mol. The molecule has 42 heavy (non-hydrogen) atoms. The van der Waals surface area contributed by atoms with Gasteiger partial charge in [0.15, 0.2) is 5.82 Å². The van der Waals surface area contributed by atoms with Gasteiger partial charge in [-0.15, -0.1) is 0 Å². The maximum Gasteiger partial charge on any atom is 0.245 e. The normalized spacial score (nSPS) is 26.2. The highest BCUT2D eigenvalue weighted by Crippen LogP contribution is 2.56. The number of hydrogen-bond acceptors (Lipinski definition) is 7. The number of aryl methyl sites for hydroxylation is 1. The lowest BCUT2D eigenvalue weighted by molar-refractivity contribution is -0.149. The molecule has 10 nitrogen and oxygen atoms in total. The van der Waals surface area contributed by atoms with Gasteiger partial charge in [-0.3, -0.25) is 19.5 Å². The van der Waals surface area contributed by atoms with Crippen molar-refractivity contribution in [3.05, 3.63) is 41.2 Å². The van der Waals surface area contributed by atoms with Crippen LogP contribution in [0.5, 0.6) is 0 Å². The molecule has 3 aromatic rings. The number of piperazine rings is 1. The number of nitrogens with one attached hydrogen (secondary N) is 1. The number of aromatic amines is 1. The summed E-state index contributed by atoms with van der Waals surface area (Å²) in [6, 6.07) is 2.84. The second-order valence-corrected chi connectivity index (χ2v) is 13.6. The first-order valence-electron chi connectivity index (χ1n) is 15.1. The van der Waals surface area contributed by atoms with E-state index >= 15 is 0 Å². The van der Waals surface area contributed by atoms with E-state index in [0.29, 0.717) is 12.6 Å². The summed E-state index contributed by atoms with van der Waals surface area (Å²) in [5.41, 5.74) is 5.26. The minimum Gasteiger partial charge on any atom is -0.379 e. The van der Waals surface area contributed by atoms with E-state index < -0.39 is 0 Å². The number of halogens is 1. The van der Waals surface area contributed by atoms with Gasteiger partial charge in [-0.05, 0) is 50.8 Å². The van der Waals surface area contributed by atoms with Crippen LogP contribution in [0, 0.1) is 19.3 Å². The first-order chi connectivity index (χ1) is 20.3. The fraction of sp³-hybridized carbons (Fsp3) is 0.581. The third kappa shape index (κ3) is 3.84. The fourth-order valence-electron chi connectivity index (χ4n) is 8.22. The Morgan fingerprint density at radius 1 is 1.14 bits per heavy atom. The number of carbonyl (C=O) groups is 1. The maximum atomic E-state index is 12.1. The minimum atomic E-state index is -0.152. The number of ether oxygens (including phenoxy) is 2. The number of likely N-dealkylation sites (tertiary alicyclic amines) is 1. The Balaban J connectivity index is 1.21. The molecule has 2 spiro atoms. The van der Waals surface area contributed by atoms with E-state index in [9.17, 15) is 4.79 Å². The molecule has 4 aliphatic heterocycles. The standard InChI is InChI=1S/C31H38ClN7O3/c1-4-25(40)37-15-30(16-37)10-21(11-30)39-20(3)26(27-23-12-33-34-24(23)9-19(2)28(27)32)29(35-39)38-7-6-36(22-13-42-14-22)17-31(38)5-8-41-18-31/h4,9,12,21-22H,1,5-8,10-11,13-18H2,2-3H3,(H,33,34). The molecule has 8 rings (SSSR count).